The van der Waals surface area contributed by atoms with Crippen molar-refractivity contribution in [1.82, 2.24) is 0 Å². The quantitative estimate of drug-likeness (QED) is 0.155. The van der Waals surface area contributed by atoms with Crippen LogP contribution in [0.4, 0.5) is 0 Å². The fourth-order valence-electron chi connectivity index (χ4n) is 8.91. The van der Waals surface area contributed by atoms with E-state index in [4.69, 9.17) is 18.9 Å². The van der Waals surface area contributed by atoms with Gasteiger partial charge in [-0.2, -0.15) is 0 Å². The summed E-state index contributed by atoms with van der Waals surface area (Å²) in [6.07, 6.45) is 0. The van der Waals surface area contributed by atoms with Crippen LogP contribution in [0.25, 0.3) is 44.5 Å². The van der Waals surface area contributed by atoms with E-state index in [-0.39, 0.29) is 13.6 Å². The smallest absolute Gasteiger partial charge is 0.230 e. The molecule has 58 heavy (non-hydrogen) atoms. The van der Waals surface area contributed by atoms with Gasteiger partial charge in [0.15, 0.2) is 0 Å². The van der Waals surface area contributed by atoms with Crippen molar-refractivity contribution in [2.75, 3.05) is 13.6 Å². The van der Waals surface area contributed by atoms with Crippen LogP contribution in [0.1, 0.15) is 44.5 Å². The number of hydrogen-bond acceptors (Lipinski definition) is 4. The fraction of sp³-hybridized carbons (Fsp3) is 0.0370. The first-order valence-electron chi connectivity index (χ1n) is 19.6. The van der Waals surface area contributed by atoms with Gasteiger partial charge in [-0.25, -0.2) is 0 Å². The molecule has 2 aliphatic carbocycles. The first kappa shape index (κ1) is 33.8. The van der Waals surface area contributed by atoms with Gasteiger partial charge < -0.3 is 18.9 Å². The molecule has 4 heteroatoms. The van der Waals surface area contributed by atoms with E-state index in [1.54, 1.807) is 0 Å². The number of hydrogen-bond donors (Lipinski definition) is 0. The molecule has 0 aromatic heterocycles. The third-order valence-corrected chi connectivity index (χ3v) is 11.3. The van der Waals surface area contributed by atoms with E-state index in [9.17, 15) is 0 Å². The van der Waals surface area contributed by atoms with Gasteiger partial charge in [0.05, 0.1) is 0 Å². The van der Waals surface area contributed by atoms with Gasteiger partial charge in [-0.3, -0.25) is 0 Å². The maximum absolute atomic E-state index is 5.99. The summed E-state index contributed by atoms with van der Waals surface area (Å²) in [4.78, 5) is 0. The van der Waals surface area contributed by atoms with Crippen molar-refractivity contribution in [3.63, 3.8) is 0 Å². The van der Waals surface area contributed by atoms with Crippen LogP contribution in [0.5, 0.6) is 23.0 Å². The molecule has 8 aromatic carbocycles. The van der Waals surface area contributed by atoms with Crippen LogP contribution in [0.15, 0.2) is 194 Å². The van der Waals surface area contributed by atoms with Gasteiger partial charge in [-0.05, 0) is 79.9 Å². The average Bonchev–Trinajstić information content (AvgIpc) is 3.78. The molecular formula is C54H36O4. The van der Waals surface area contributed by atoms with E-state index in [1.807, 2.05) is 48.5 Å². The Morgan fingerprint density at radius 1 is 0.190 bits per heavy atom. The van der Waals surface area contributed by atoms with Gasteiger partial charge in [0.25, 0.3) is 0 Å². The van der Waals surface area contributed by atoms with Gasteiger partial charge in [0.2, 0.25) is 13.6 Å². The molecule has 0 unspecified atom stereocenters. The van der Waals surface area contributed by atoms with Gasteiger partial charge in [0.1, 0.15) is 23.0 Å². The van der Waals surface area contributed by atoms with Crippen LogP contribution in [-0.2, 0) is 0 Å². The molecular weight excluding hydrogens is 713 g/mol. The monoisotopic (exact) mass is 748 g/mol. The van der Waals surface area contributed by atoms with E-state index >= 15 is 0 Å². The predicted molar refractivity (Wildman–Crippen MR) is 232 cm³/mol. The molecule has 0 atom stereocenters. The molecule has 0 radical (unpaired) electrons. The second-order valence-electron chi connectivity index (χ2n) is 14.5. The highest BCUT2D eigenvalue weighted by molar-refractivity contribution is 6.16. The van der Waals surface area contributed by atoms with Crippen LogP contribution in [0.2, 0.25) is 0 Å². The zero-order valence-electron chi connectivity index (χ0n) is 31.5. The van der Waals surface area contributed by atoms with Crippen molar-refractivity contribution in [3.8, 4) is 45.3 Å². The van der Waals surface area contributed by atoms with Crippen molar-refractivity contribution >= 4 is 22.3 Å². The van der Waals surface area contributed by atoms with Gasteiger partial charge in [-0.1, -0.05) is 170 Å². The van der Waals surface area contributed by atoms with Gasteiger partial charge >= 0.3 is 0 Å². The molecule has 2 aliphatic heterocycles. The van der Waals surface area contributed by atoms with Crippen molar-refractivity contribution in [3.05, 3.63) is 239 Å². The van der Waals surface area contributed by atoms with Crippen molar-refractivity contribution in [2.45, 2.75) is 0 Å². The van der Waals surface area contributed by atoms with Gasteiger partial charge in [-0.15, -0.1) is 0 Å². The summed E-state index contributed by atoms with van der Waals surface area (Å²) >= 11 is 0. The maximum atomic E-state index is 5.99. The Bertz CT molecular complexity index is 2570. The molecule has 276 valence electrons. The highest BCUT2D eigenvalue weighted by Gasteiger charge is 2.31. The van der Waals surface area contributed by atoms with Crippen molar-refractivity contribution in [2.24, 2.45) is 0 Å². The lowest BCUT2D eigenvalue weighted by atomic mass is 9.87. The Hall–Kier alpha value is -7.56. The van der Waals surface area contributed by atoms with E-state index in [1.165, 1.54) is 55.7 Å². The summed E-state index contributed by atoms with van der Waals surface area (Å²) in [5, 5.41) is 0. The highest BCUT2D eigenvalue weighted by Crippen LogP contribution is 2.53. The Morgan fingerprint density at radius 2 is 0.362 bits per heavy atom. The zero-order chi connectivity index (χ0) is 38.4. The standard InChI is InChI=1S/2C27H18O2/c2*1-3-11-20-18(9-1)19-10-2-4-12-21(19)26(20)27-22-13-5-7-15-24(22)28-17-29-25-16-8-6-14-23(25)27/h2*1-16H,17H2. The van der Waals surface area contributed by atoms with Gasteiger partial charge in [0, 0.05) is 33.4 Å². The van der Waals surface area contributed by atoms with Crippen LogP contribution < -0.4 is 18.9 Å². The molecule has 0 saturated carbocycles. The number of ether oxygens (including phenoxy) is 4. The van der Waals surface area contributed by atoms with Crippen molar-refractivity contribution < 1.29 is 18.9 Å². The fourth-order valence-corrected chi connectivity index (χ4v) is 8.91. The maximum Gasteiger partial charge on any atom is 0.230 e. The third kappa shape index (κ3) is 5.53. The Kier molecular flexibility index (Phi) is 8.25. The van der Waals surface area contributed by atoms with Crippen molar-refractivity contribution in [1.29, 1.82) is 0 Å². The average molecular weight is 749 g/mol. The zero-order valence-corrected chi connectivity index (χ0v) is 31.5. The number of fused-ring (bicyclic) bond motifs is 10. The third-order valence-electron chi connectivity index (χ3n) is 11.3. The first-order chi connectivity index (χ1) is 28.8. The first-order valence-corrected chi connectivity index (χ1v) is 19.6. The predicted octanol–water partition coefficient (Wildman–Crippen LogP) is 12.8. The minimum Gasteiger partial charge on any atom is -0.457 e. The SMILES string of the molecule is c1ccc2c(c1)OCOc1ccccc1C2=C1c2ccccc2-c2ccccc21.c1ccc2c(c1)OCOc1ccccc1C2=C1c2ccccc2-c2ccccc21. The topological polar surface area (TPSA) is 36.9 Å². The summed E-state index contributed by atoms with van der Waals surface area (Å²) in [5.74, 6) is 3.36. The molecule has 4 nitrogen and oxygen atoms in total. The molecule has 8 aromatic rings. The Morgan fingerprint density at radius 3 is 0.603 bits per heavy atom. The Balaban J connectivity index is 0.000000133. The highest BCUT2D eigenvalue weighted by atomic mass is 16.7. The largest absolute Gasteiger partial charge is 0.457 e. The molecule has 0 amide bonds. The number of rotatable bonds is 0. The Labute approximate surface area is 337 Å². The second kappa shape index (κ2) is 14.2. The summed E-state index contributed by atoms with van der Waals surface area (Å²) in [6.45, 7) is 0.396. The minimum absolute atomic E-state index is 0.198. The lowest BCUT2D eigenvalue weighted by Crippen LogP contribution is -2.12. The molecule has 0 N–H and O–H groups in total. The number of para-hydroxylation sites is 4. The van der Waals surface area contributed by atoms with E-state index in [0.717, 1.165) is 56.4 Å². The molecule has 4 aliphatic rings. The minimum atomic E-state index is 0.198. The number of benzene rings is 8. The van der Waals surface area contributed by atoms with E-state index < -0.39 is 0 Å². The second-order valence-corrected chi connectivity index (χ2v) is 14.5. The molecule has 12 rings (SSSR count). The summed E-state index contributed by atoms with van der Waals surface area (Å²) < 4.78 is 24.0. The summed E-state index contributed by atoms with van der Waals surface area (Å²) in [5.41, 5.74) is 19.1. The summed E-state index contributed by atoms with van der Waals surface area (Å²) in [7, 11) is 0. The normalized spacial score (nSPS) is 13.8. The van der Waals surface area contributed by atoms with Crippen LogP contribution >= 0.6 is 0 Å². The molecule has 0 saturated heterocycles. The lowest BCUT2D eigenvalue weighted by Gasteiger charge is -2.23. The lowest BCUT2D eigenvalue weighted by molar-refractivity contribution is 0.117. The van der Waals surface area contributed by atoms with Crippen LogP contribution in [-0.4, -0.2) is 13.6 Å². The van der Waals surface area contributed by atoms with Crippen LogP contribution in [0.3, 0.4) is 0 Å². The van der Waals surface area contributed by atoms with Crippen LogP contribution in [0, 0.1) is 0 Å². The molecule has 2 heterocycles. The molecule has 0 bridgehead atoms. The van der Waals surface area contributed by atoms with E-state index in [2.05, 4.69) is 146 Å². The van der Waals surface area contributed by atoms with E-state index in [0.29, 0.717) is 0 Å². The summed E-state index contributed by atoms with van der Waals surface area (Å²) in [6, 6.07) is 67.5. The molecule has 0 spiro atoms. The molecule has 0 fully saturated rings.